The Kier molecular flexibility index (Phi) is 6.11. The molecule has 116 valence electrons. The molecule has 0 aromatic heterocycles. The first-order valence-electron chi connectivity index (χ1n) is 6.72. The number of hydrogen-bond acceptors (Lipinski definition) is 4. The lowest BCUT2D eigenvalue weighted by molar-refractivity contribution is -0.384. The SMILES string of the molecule is CCC(CC)(CO)CNC(=O)c1cccc([N+](=O)[O-])c1Cl. The molecule has 0 aliphatic carbocycles. The number of halogens is 1. The standard InChI is InChI=1S/C14H19ClN2O4/c1-3-14(4-2,9-18)8-16-13(19)10-6-5-7-11(12(10)15)17(20)21/h5-7,18H,3-4,8-9H2,1-2H3,(H,16,19). The smallest absolute Gasteiger partial charge is 0.288 e. The summed E-state index contributed by atoms with van der Waals surface area (Å²) in [4.78, 5) is 22.3. The number of aliphatic hydroxyl groups excluding tert-OH is 1. The molecule has 0 aliphatic heterocycles. The molecule has 0 aliphatic rings. The molecule has 0 unspecified atom stereocenters. The largest absolute Gasteiger partial charge is 0.396 e. The molecule has 2 N–H and O–H groups in total. The first-order chi connectivity index (χ1) is 9.90. The number of carbonyl (C=O) groups is 1. The molecule has 21 heavy (non-hydrogen) atoms. The van der Waals surface area contributed by atoms with Crippen molar-refractivity contribution in [3.8, 4) is 0 Å². The minimum atomic E-state index is -0.630. The number of nitrogens with one attached hydrogen (secondary N) is 1. The Labute approximate surface area is 128 Å². The lowest BCUT2D eigenvalue weighted by Gasteiger charge is -2.29. The first-order valence-corrected chi connectivity index (χ1v) is 7.10. The Morgan fingerprint density at radius 2 is 2.05 bits per heavy atom. The van der Waals surface area contributed by atoms with Crippen molar-refractivity contribution < 1.29 is 14.8 Å². The molecule has 1 amide bonds. The van der Waals surface area contributed by atoms with E-state index in [-0.39, 0.29) is 34.8 Å². The predicted octanol–water partition coefficient (Wildman–Crippen LogP) is 2.78. The number of nitrogens with zero attached hydrogens (tertiary/aromatic N) is 1. The van der Waals surface area contributed by atoms with Gasteiger partial charge in [0.15, 0.2) is 0 Å². The second-order valence-electron chi connectivity index (χ2n) is 4.94. The summed E-state index contributed by atoms with van der Waals surface area (Å²) in [6.07, 6.45) is 1.42. The number of nitro benzene ring substituents is 1. The van der Waals surface area contributed by atoms with Crippen molar-refractivity contribution in [2.24, 2.45) is 5.41 Å². The summed E-state index contributed by atoms with van der Waals surface area (Å²) in [6.45, 7) is 4.12. The average molecular weight is 315 g/mol. The molecule has 0 spiro atoms. The summed E-state index contributed by atoms with van der Waals surface area (Å²) < 4.78 is 0. The van der Waals surface area contributed by atoms with Crippen molar-refractivity contribution in [3.05, 3.63) is 38.9 Å². The van der Waals surface area contributed by atoms with Crippen molar-refractivity contribution in [3.63, 3.8) is 0 Å². The number of carbonyl (C=O) groups excluding carboxylic acids is 1. The molecule has 1 aromatic rings. The van der Waals surface area contributed by atoms with E-state index in [2.05, 4.69) is 5.32 Å². The lowest BCUT2D eigenvalue weighted by Crippen LogP contribution is -2.39. The number of hydrogen-bond donors (Lipinski definition) is 2. The Morgan fingerprint density at radius 1 is 1.43 bits per heavy atom. The predicted molar refractivity (Wildman–Crippen MR) is 80.5 cm³/mol. The molecular weight excluding hydrogens is 296 g/mol. The van der Waals surface area contributed by atoms with Gasteiger partial charge in [-0.2, -0.15) is 0 Å². The highest BCUT2D eigenvalue weighted by Crippen LogP contribution is 2.28. The molecule has 0 atom stereocenters. The van der Waals surface area contributed by atoms with E-state index < -0.39 is 10.8 Å². The lowest BCUT2D eigenvalue weighted by atomic mass is 9.83. The highest BCUT2D eigenvalue weighted by molar-refractivity contribution is 6.35. The second kappa shape index (κ2) is 7.38. The van der Waals surface area contributed by atoms with Crippen LogP contribution in [0.5, 0.6) is 0 Å². The van der Waals surface area contributed by atoms with Gasteiger partial charge in [-0.25, -0.2) is 0 Å². The summed E-state index contributed by atoms with van der Waals surface area (Å²) >= 11 is 5.90. The third kappa shape index (κ3) is 3.92. The van der Waals surface area contributed by atoms with E-state index in [1.54, 1.807) is 0 Å². The number of aliphatic hydroxyl groups is 1. The Balaban J connectivity index is 2.91. The topological polar surface area (TPSA) is 92.5 Å². The average Bonchev–Trinajstić information content (AvgIpc) is 2.49. The zero-order valence-corrected chi connectivity index (χ0v) is 12.8. The summed E-state index contributed by atoms with van der Waals surface area (Å²) in [7, 11) is 0. The van der Waals surface area contributed by atoms with Crippen LogP contribution in [-0.2, 0) is 0 Å². The quantitative estimate of drug-likeness (QED) is 0.598. The highest BCUT2D eigenvalue weighted by atomic mass is 35.5. The third-order valence-electron chi connectivity index (χ3n) is 3.88. The van der Waals surface area contributed by atoms with Crippen molar-refractivity contribution in [1.82, 2.24) is 5.32 Å². The number of rotatable bonds is 7. The fourth-order valence-corrected chi connectivity index (χ4v) is 2.26. The van der Waals surface area contributed by atoms with Crippen LogP contribution < -0.4 is 5.32 Å². The van der Waals surface area contributed by atoms with Crippen LogP contribution in [0.2, 0.25) is 5.02 Å². The maximum Gasteiger partial charge on any atom is 0.288 e. The van der Waals surface area contributed by atoms with Crippen LogP contribution in [0.25, 0.3) is 0 Å². The molecule has 0 radical (unpaired) electrons. The number of amides is 1. The minimum Gasteiger partial charge on any atom is -0.396 e. The minimum absolute atomic E-state index is 0.0387. The van der Waals surface area contributed by atoms with Crippen LogP contribution in [0.15, 0.2) is 18.2 Å². The van der Waals surface area contributed by atoms with Crippen molar-refractivity contribution in [1.29, 1.82) is 0 Å². The van der Waals surface area contributed by atoms with Gasteiger partial charge in [-0.3, -0.25) is 14.9 Å². The van der Waals surface area contributed by atoms with Crippen LogP contribution in [0.1, 0.15) is 37.0 Å². The van der Waals surface area contributed by atoms with Gasteiger partial charge in [0.1, 0.15) is 5.02 Å². The molecule has 0 saturated carbocycles. The van der Waals surface area contributed by atoms with Gasteiger partial charge in [0.2, 0.25) is 0 Å². The molecule has 0 saturated heterocycles. The van der Waals surface area contributed by atoms with Gasteiger partial charge in [-0.05, 0) is 18.9 Å². The van der Waals surface area contributed by atoms with Gasteiger partial charge >= 0.3 is 0 Å². The summed E-state index contributed by atoms with van der Waals surface area (Å²) in [6, 6.07) is 4.09. The van der Waals surface area contributed by atoms with Crippen LogP contribution >= 0.6 is 11.6 Å². The molecular formula is C14H19ClN2O4. The Hall–Kier alpha value is -1.66. The fourth-order valence-electron chi connectivity index (χ4n) is 1.98. The zero-order valence-electron chi connectivity index (χ0n) is 12.1. The summed E-state index contributed by atoms with van der Waals surface area (Å²) in [5.74, 6) is -0.483. The molecule has 0 fully saturated rings. The normalized spacial score (nSPS) is 11.2. The number of benzene rings is 1. The fraction of sp³-hybridized carbons (Fsp3) is 0.500. The highest BCUT2D eigenvalue weighted by Gasteiger charge is 2.27. The molecule has 7 heteroatoms. The van der Waals surface area contributed by atoms with E-state index in [0.717, 1.165) is 0 Å². The van der Waals surface area contributed by atoms with Crippen molar-refractivity contribution >= 4 is 23.2 Å². The van der Waals surface area contributed by atoms with Crippen LogP contribution in [0.3, 0.4) is 0 Å². The Morgan fingerprint density at radius 3 is 2.52 bits per heavy atom. The van der Waals surface area contributed by atoms with Crippen molar-refractivity contribution in [2.45, 2.75) is 26.7 Å². The Bertz CT molecular complexity index is 521. The van der Waals surface area contributed by atoms with E-state index in [9.17, 15) is 20.0 Å². The summed E-state index contributed by atoms with van der Waals surface area (Å²) in [5.41, 5.74) is -0.628. The first kappa shape index (κ1) is 17.4. The van der Waals surface area contributed by atoms with Gasteiger partial charge in [0.25, 0.3) is 11.6 Å². The van der Waals surface area contributed by atoms with E-state index in [1.165, 1.54) is 18.2 Å². The third-order valence-corrected chi connectivity index (χ3v) is 4.28. The van der Waals surface area contributed by atoms with Gasteiger partial charge < -0.3 is 10.4 Å². The van der Waals surface area contributed by atoms with E-state index in [4.69, 9.17) is 11.6 Å². The monoisotopic (exact) mass is 314 g/mol. The van der Waals surface area contributed by atoms with Gasteiger partial charge in [-0.1, -0.05) is 31.5 Å². The molecule has 0 heterocycles. The maximum atomic E-state index is 12.1. The van der Waals surface area contributed by atoms with E-state index >= 15 is 0 Å². The van der Waals surface area contributed by atoms with Gasteiger partial charge in [0.05, 0.1) is 17.1 Å². The molecule has 1 aromatic carbocycles. The van der Waals surface area contributed by atoms with Crippen LogP contribution in [0.4, 0.5) is 5.69 Å². The second-order valence-corrected chi connectivity index (χ2v) is 5.32. The molecule has 6 nitrogen and oxygen atoms in total. The van der Waals surface area contributed by atoms with E-state index in [1.807, 2.05) is 13.8 Å². The van der Waals surface area contributed by atoms with Gasteiger partial charge in [-0.15, -0.1) is 0 Å². The maximum absolute atomic E-state index is 12.1. The summed E-state index contributed by atoms with van der Waals surface area (Å²) in [5, 5.41) is 22.8. The van der Waals surface area contributed by atoms with Gasteiger partial charge in [0, 0.05) is 18.0 Å². The van der Waals surface area contributed by atoms with Crippen LogP contribution in [0, 0.1) is 15.5 Å². The molecule has 0 bridgehead atoms. The van der Waals surface area contributed by atoms with Crippen LogP contribution in [-0.4, -0.2) is 29.1 Å². The number of nitro groups is 1. The zero-order chi connectivity index (χ0) is 16.0. The molecule has 1 rings (SSSR count). The van der Waals surface area contributed by atoms with E-state index in [0.29, 0.717) is 12.8 Å². The van der Waals surface area contributed by atoms with Crippen molar-refractivity contribution in [2.75, 3.05) is 13.2 Å².